The molecule has 2 aliphatic rings. The fourth-order valence-corrected chi connectivity index (χ4v) is 4.07. The van der Waals surface area contributed by atoms with E-state index in [1.807, 2.05) is 46.2 Å². The van der Waals surface area contributed by atoms with Gasteiger partial charge in [-0.25, -0.2) is 0 Å². The molecule has 1 aliphatic carbocycles. The Bertz CT molecular complexity index is 831. The zero-order valence-electron chi connectivity index (χ0n) is 15.2. The van der Waals surface area contributed by atoms with E-state index < -0.39 is 0 Å². The lowest BCUT2D eigenvalue weighted by Crippen LogP contribution is -2.51. The minimum atomic E-state index is 0.0729. The lowest BCUT2D eigenvalue weighted by atomic mass is 10.1. The largest absolute Gasteiger partial charge is 0.339 e. The summed E-state index contributed by atoms with van der Waals surface area (Å²) in [7, 11) is 0. The molecular weight excluding hydrogens is 360 g/mol. The van der Waals surface area contributed by atoms with Crippen molar-refractivity contribution in [2.24, 2.45) is 5.92 Å². The van der Waals surface area contributed by atoms with Crippen molar-refractivity contribution in [2.75, 3.05) is 26.2 Å². The molecule has 0 N–H and O–H groups in total. The van der Waals surface area contributed by atoms with Crippen molar-refractivity contribution in [1.29, 1.82) is 0 Å². The quantitative estimate of drug-likeness (QED) is 0.813. The minimum Gasteiger partial charge on any atom is -0.339 e. The number of nitrogens with zero attached hydrogens (tertiary/aromatic N) is 2. The maximum Gasteiger partial charge on any atom is 0.227 e. The first-order chi connectivity index (χ1) is 13.1. The van der Waals surface area contributed by atoms with E-state index in [4.69, 9.17) is 11.6 Å². The summed E-state index contributed by atoms with van der Waals surface area (Å²) in [5.41, 5.74) is 2.11. The molecule has 27 heavy (non-hydrogen) atoms. The van der Waals surface area contributed by atoms with E-state index in [9.17, 15) is 9.59 Å². The van der Waals surface area contributed by atoms with Gasteiger partial charge < -0.3 is 9.80 Å². The van der Waals surface area contributed by atoms with Gasteiger partial charge in [0.2, 0.25) is 11.8 Å². The van der Waals surface area contributed by atoms with Gasteiger partial charge in [0.15, 0.2) is 0 Å². The van der Waals surface area contributed by atoms with Gasteiger partial charge in [0.05, 0.1) is 6.42 Å². The summed E-state index contributed by atoms with van der Waals surface area (Å²) in [6, 6.07) is 17.7. The molecule has 1 aliphatic heterocycles. The summed E-state index contributed by atoms with van der Waals surface area (Å²) in [6.07, 6.45) is 1.25. The van der Waals surface area contributed by atoms with E-state index in [1.165, 1.54) is 5.56 Å². The Labute approximate surface area is 164 Å². The molecule has 4 rings (SSSR count). The monoisotopic (exact) mass is 382 g/mol. The Kier molecular flexibility index (Phi) is 5.17. The maximum absolute atomic E-state index is 12.8. The van der Waals surface area contributed by atoms with Crippen LogP contribution in [0.2, 0.25) is 5.02 Å². The molecule has 140 valence electrons. The third kappa shape index (κ3) is 4.01. The molecule has 1 saturated carbocycles. The Balaban J connectivity index is 1.28. The molecule has 0 aromatic heterocycles. The zero-order valence-corrected chi connectivity index (χ0v) is 15.9. The first-order valence-corrected chi connectivity index (χ1v) is 9.86. The number of halogens is 1. The molecule has 1 saturated heterocycles. The second-order valence-electron chi connectivity index (χ2n) is 7.33. The van der Waals surface area contributed by atoms with Crippen LogP contribution in [-0.2, 0) is 16.0 Å². The van der Waals surface area contributed by atoms with Crippen LogP contribution in [0, 0.1) is 5.92 Å². The normalized spacial score (nSPS) is 21.8. The van der Waals surface area contributed by atoms with Gasteiger partial charge in [-0.15, -0.1) is 0 Å². The van der Waals surface area contributed by atoms with Crippen LogP contribution in [0.15, 0.2) is 54.6 Å². The zero-order chi connectivity index (χ0) is 18.8. The number of carbonyl (C=O) groups is 2. The van der Waals surface area contributed by atoms with E-state index >= 15 is 0 Å². The van der Waals surface area contributed by atoms with Gasteiger partial charge in [0, 0.05) is 37.1 Å². The van der Waals surface area contributed by atoms with Gasteiger partial charge in [-0.05, 0) is 29.5 Å². The average Bonchev–Trinajstić information content (AvgIpc) is 3.51. The van der Waals surface area contributed by atoms with E-state index in [1.54, 1.807) is 6.07 Å². The lowest BCUT2D eigenvalue weighted by molar-refractivity contribution is -0.140. The second kappa shape index (κ2) is 7.73. The number of amides is 2. The smallest absolute Gasteiger partial charge is 0.227 e. The number of hydrogen-bond donors (Lipinski definition) is 0. The number of hydrogen-bond acceptors (Lipinski definition) is 2. The predicted molar refractivity (Wildman–Crippen MR) is 106 cm³/mol. The Hall–Kier alpha value is -2.33. The van der Waals surface area contributed by atoms with Crippen molar-refractivity contribution in [3.63, 3.8) is 0 Å². The van der Waals surface area contributed by atoms with Gasteiger partial charge in [-0.2, -0.15) is 0 Å². The highest BCUT2D eigenvalue weighted by atomic mass is 35.5. The summed E-state index contributed by atoms with van der Waals surface area (Å²) in [5.74, 6) is 0.780. The number of piperazine rings is 1. The highest BCUT2D eigenvalue weighted by molar-refractivity contribution is 6.31. The number of benzene rings is 2. The summed E-state index contributed by atoms with van der Waals surface area (Å²) in [6.45, 7) is 2.42. The predicted octanol–water partition coefficient (Wildman–Crippen LogP) is 3.36. The van der Waals surface area contributed by atoms with Crippen molar-refractivity contribution in [3.8, 4) is 0 Å². The molecule has 2 aromatic carbocycles. The summed E-state index contributed by atoms with van der Waals surface area (Å²) in [4.78, 5) is 29.1. The van der Waals surface area contributed by atoms with Crippen LogP contribution in [0.3, 0.4) is 0 Å². The fourth-order valence-electron chi connectivity index (χ4n) is 3.86. The molecule has 2 fully saturated rings. The van der Waals surface area contributed by atoms with Crippen LogP contribution in [-0.4, -0.2) is 47.8 Å². The van der Waals surface area contributed by atoms with Crippen LogP contribution in [0.1, 0.15) is 23.5 Å². The first-order valence-electron chi connectivity index (χ1n) is 9.48. The molecule has 0 bridgehead atoms. The van der Waals surface area contributed by atoms with Gasteiger partial charge in [-0.3, -0.25) is 9.59 Å². The van der Waals surface area contributed by atoms with E-state index in [2.05, 4.69) is 12.1 Å². The van der Waals surface area contributed by atoms with E-state index in [0.29, 0.717) is 43.5 Å². The van der Waals surface area contributed by atoms with Crippen molar-refractivity contribution < 1.29 is 9.59 Å². The summed E-state index contributed by atoms with van der Waals surface area (Å²) < 4.78 is 0. The summed E-state index contributed by atoms with van der Waals surface area (Å²) >= 11 is 6.15. The lowest BCUT2D eigenvalue weighted by Gasteiger charge is -2.35. The van der Waals surface area contributed by atoms with Gasteiger partial charge in [0.25, 0.3) is 0 Å². The van der Waals surface area contributed by atoms with Gasteiger partial charge >= 0.3 is 0 Å². The third-order valence-electron chi connectivity index (χ3n) is 5.58. The Morgan fingerprint density at radius 2 is 1.52 bits per heavy atom. The van der Waals surface area contributed by atoms with E-state index in [0.717, 1.165) is 12.0 Å². The van der Waals surface area contributed by atoms with Crippen LogP contribution in [0.25, 0.3) is 0 Å². The highest BCUT2D eigenvalue weighted by Gasteiger charge is 2.46. The SMILES string of the molecule is O=C(Cc1ccccc1Cl)N1CCN(C(=O)[C@@H]2C[C@H]2c2ccccc2)CC1. The molecule has 2 amide bonds. The molecule has 1 heterocycles. The van der Waals surface area contributed by atoms with Crippen LogP contribution in [0.5, 0.6) is 0 Å². The maximum atomic E-state index is 12.8. The molecule has 2 atom stereocenters. The van der Waals surface area contributed by atoms with Crippen molar-refractivity contribution in [3.05, 3.63) is 70.7 Å². The first kappa shape index (κ1) is 18.1. The van der Waals surface area contributed by atoms with Crippen molar-refractivity contribution in [1.82, 2.24) is 9.80 Å². The molecule has 4 nitrogen and oxygen atoms in total. The minimum absolute atomic E-state index is 0.0729. The van der Waals surface area contributed by atoms with Crippen LogP contribution in [0.4, 0.5) is 0 Å². The van der Waals surface area contributed by atoms with Crippen LogP contribution < -0.4 is 0 Å². The van der Waals surface area contributed by atoms with E-state index in [-0.39, 0.29) is 17.7 Å². The van der Waals surface area contributed by atoms with Crippen molar-refractivity contribution >= 4 is 23.4 Å². The van der Waals surface area contributed by atoms with Gasteiger partial charge in [0.1, 0.15) is 0 Å². The molecule has 0 radical (unpaired) electrons. The number of carbonyl (C=O) groups excluding carboxylic acids is 2. The summed E-state index contributed by atoms with van der Waals surface area (Å²) in [5, 5.41) is 0.625. The standard InChI is InChI=1S/C22H23ClN2O2/c23-20-9-5-4-8-17(20)14-21(26)24-10-12-25(13-11-24)22(27)19-15-18(19)16-6-2-1-3-7-16/h1-9,18-19H,10-15H2/t18-,19+/m0/s1. The fraction of sp³-hybridized carbons (Fsp3) is 0.364. The molecule has 5 heteroatoms. The van der Waals surface area contributed by atoms with Crippen molar-refractivity contribution in [2.45, 2.75) is 18.8 Å². The molecular formula is C22H23ClN2O2. The molecule has 0 unspecified atom stereocenters. The highest BCUT2D eigenvalue weighted by Crippen LogP contribution is 2.48. The third-order valence-corrected chi connectivity index (χ3v) is 5.95. The Morgan fingerprint density at radius 1 is 0.889 bits per heavy atom. The van der Waals surface area contributed by atoms with Gasteiger partial charge in [-0.1, -0.05) is 60.1 Å². The molecule has 0 spiro atoms. The van der Waals surface area contributed by atoms with Crippen LogP contribution >= 0.6 is 11.6 Å². The number of rotatable bonds is 4. The Morgan fingerprint density at radius 3 is 2.22 bits per heavy atom. The average molecular weight is 383 g/mol. The second-order valence-corrected chi connectivity index (χ2v) is 7.74. The molecule has 2 aromatic rings. The topological polar surface area (TPSA) is 40.6 Å².